The number of rotatable bonds is 5. The predicted molar refractivity (Wildman–Crippen MR) is 114 cm³/mol. The van der Waals surface area contributed by atoms with E-state index in [0.29, 0.717) is 25.3 Å². The van der Waals surface area contributed by atoms with Crippen LogP contribution >= 0.6 is 0 Å². The Morgan fingerprint density at radius 1 is 1.00 bits per heavy atom. The minimum atomic E-state index is -3.98. The average Bonchev–Trinajstić information content (AvgIpc) is 2.77. The van der Waals surface area contributed by atoms with E-state index in [1.807, 2.05) is 30.3 Å². The van der Waals surface area contributed by atoms with E-state index >= 15 is 0 Å². The van der Waals surface area contributed by atoms with Crippen LogP contribution in [-0.4, -0.2) is 45.9 Å². The van der Waals surface area contributed by atoms with Gasteiger partial charge in [0.2, 0.25) is 15.9 Å². The SMILES string of the molecule is COc1ccc(OC)c(S(=O)(=O)N2CCCCCNC(=O)CC2c2ccccc2)c1. The molecule has 0 spiro atoms. The number of nitrogens with zero attached hydrogens (tertiary/aromatic N) is 1. The molecule has 1 fully saturated rings. The van der Waals surface area contributed by atoms with Gasteiger partial charge in [-0.05, 0) is 30.5 Å². The summed E-state index contributed by atoms with van der Waals surface area (Å²) in [6.45, 7) is 0.923. The maximum absolute atomic E-state index is 13.8. The van der Waals surface area contributed by atoms with Crippen molar-refractivity contribution in [2.45, 2.75) is 36.6 Å². The molecule has 1 unspecified atom stereocenters. The predicted octanol–water partition coefficient (Wildman–Crippen LogP) is 3.13. The summed E-state index contributed by atoms with van der Waals surface area (Å²) in [5, 5.41) is 2.90. The molecule has 1 N–H and O–H groups in total. The van der Waals surface area contributed by atoms with E-state index in [0.717, 1.165) is 18.4 Å². The molecule has 1 saturated heterocycles. The number of benzene rings is 2. The first-order valence-corrected chi connectivity index (χ1v) is 11.5. The Morgan fingerprint density at radius 3 is 2.47 bits per heavy atom. The van der Waals surface area contributed by atoms with Gasteiger partial charge in [0.15, 0.2) is 0 Å². The zero-order chi connectivity index (χ0) is 21.6. The van der Waals surface area contributed by atoms with Crippen LogP contribution in [-0.2, 0) is 14.8 Å². The van der Waals surface area contributed by atoms with E-state index in [2.05, 4.69) is 5.32 Å². The minimum absolute atomic E-state index is 0.0303. The minimum Gasteiger partial charge on any atom is -0.497 e. The highest BCUT2D eigenvalue weighted by molar-refractivity contribution is 7.89. The number of carbonyl (C=O) groups is 1. The third kappa shape index (κ3) is 4.94. The van der Waals surface area contributed by atoms with Gasteiger partial charge in [-0.15, -0.1) is 0 Å². The highest BCUT2D eigenvalue weighted by Crippen LogP contribution is 2.36. The Bertz CT molecular complexity index is 963. The number of sulfonamides is 1. The molecule has 1 amide bonds. The van der Waals surface area contributed by atoms with Gasteiger partial charge in [0.05, 0.1) is 20.3 Å². The Morgan fingerprint density at radius 2 is 1.77 bits per heavy atom. The zero-order valence-electron chi connectivity index (χ0n) is 17.3. The van der Waals surface area contributed by atoms with Crippen LogP contribution in [0.25, 0.3) is 0 Å². The molecule has 1 heterocycles. The first-order valence-electron chi connectivity index (χ1n) is 10.0. The third-order valence-electron chi connectivity index (χ3n) is 5.25. The molecule has 2 aromatic rings. The van der Waals surface area contributed by atoms with E-state index in [1.54, 1.807) is 12.1 Å². The van der Waals surface area contributed by atoms with Crippen LogP contribution in [0.5, 0.6) is 11.5 Å². The maximum atomic E-state index is 13.8. The van der Waals surface area contributed by atoms with E-state index in [9.17, 15) is 13.2 Å². The number of hydrogen-bond donors (Lipinski definition) is 1. The second-order valence-corrected chi connectivity index (χ2v) is 9.03. The van der Waals surface area contributed by atoms with Crippen LogP contribution in [0.15, 0.2) is 53.4 Å². The lowest BCUT2D eigenvalue weighted by Gasteiger charge is -2.32. The van der Waals surface area contributed by atoms with Gasteiger partial charge in [-0.3, -0.25) is 4.79 Å². The lowest BCUT2D eigenvalue weighted by atomic mass is 10.0. The number of carbonyl (C=O) groups excluding carboxylic acids is 1. The second-order valence-electron chi connectivity index (χ2n) is 7.17. The average molecular weight is 433 g/mol. The summed E-state index contributed by atoms with van der Waals surface area (Å²) >= 11 is 0. The van der Waals surface area contributed by atoms with Crippen molar-refractivity contribution in [2.24, 2.45) is 0 Å². The first-order chi connectivity index (χ1) is 14.5. The van der Waals surface area contributed by atoms with Crippen LogP contribution in [0, 0.1) is 0 Å². The fourth-order valence-corrected chi connectivity index (χ4v) is 5.49. The lowest BCUT2D eigenvalue weighted by molar-refractivity contribution is -0.122. The molecule has 30 heavy (non-hydrogen) atoms. The Hall–Kier alpha value is -2.58. The number of amides is 1. The molecule has 1 atom stereocenters. The number of methoxy groups -OCH3 is 2. The van der Waals surface area contributed by atoms with Crippen molar-refractivity contribution in [3.8, 4) is 11.5 Å². The largest absolute Gasteiger partial charge is 0.497 e. The summed E-state index contributed by atoms with van der Waals surface area (Å²) in [5.41, 5.74) is 0.777. The molecule has 2 aromatic carbocycles. The monoisotopic (exact) mass is 432 g/mol. The number of nitrogens with one attached hydrogen (secondary N) is 1. The molecule has 3 rings (SSSR count). The summed E-state index contributed by atoms with van der Waals surface area (Å²) in [4.78, 5) is 12.6. The molecular formula is C22H28N2O5S. The Labute approximate surface area is 178 Å². The second kappa shape index (κ2) is 9.95. The van der Waals surface area contributed by atoms with Gasteiger partial charge in [0, 0.05) is 25.6 Å². The van der Waals surface area contributed by atoms with Crippen LogP contribution in [0.1, 0.15) is 37.3 Å². The van der Waals surface area contributed by atoms with E-state index in [4.69, 9.17) is 9.47 Å². The first kappa shape index (κ1) is 22.1. The van der Waals surface area contributed by atoms with E-state index < -0.39 is 16.1 Å². The molecule has 162 valence electrons. The van der Waals surface area contributed by atoms with Crippen molar-refractivity contribution in [1.82, 2.24) is 9.62 Å². The van der Waals surface area contributed by atoms with Gasteiger partial charge < -0.3 is 14.8 Å². The summed E-state index contributed by atoms with van der Waals surface area (Å²) in [7, 11) is -1.06. The number of ether oxygens (including phenoxy) is 2. The van der Waals surface area contributed by atoms with Crippen molar-refractivity contribution < 1.29 is 22.7 Å². The highest BCUT2D eigenvalue weighted by Gasteiger charge is 2.36. The van der Waals surface area contributed by atoms with E-state index in [1.165, 1.54) is 24.6 Å². The summed E-state index contributed by atoms with van der Waals surface area (Å²) < 4.78 is 39.7. The van der Waals surface area contributed by atoms with Gasteiger partial charge >= 0.3 is 0 Å². The summed E-state index contributed by atoms with van der Waals surface area (Å²) in [6.07, 6.45) is 2.39. The van der Waals surface area contributed by atoms with Crippen LogP contribution in [0.3, 0.4) is 0 Å². The van der Waals surface area contributed by atoms with Crippen LogP contribution in [0.4, 0.5) is 0 Å². The Kier molecular flexibility index (Phi) is 7.33. The van der Waals surface area contributed by atoms with Crippen LogP contribution < -0.4 is 14.8 Å². The van der Waals surface area contributed by atoms with Gasteiger partial charge in [-0.25, -0.2) is 8.42 Å². The fourth-order valence-electron chi connectivity index (χ4n) is 3.66. The van der Waals surface area contributed by atoms with Gasteiger partial charge in [-0.2, -0.15) is 4.31 Å². The Balaban J connectivity index is 2.12. The van der Waals surface area contributed by atoms with Crippen molar-refractivity contribution in [2.75, 3.05) is 27.3 Å². The molecular weight excluding hydrogens is 404 g/mol. The summed E-state index contributed by atoms with van der Waals surface area (Å²) in [6, 6.07) is 13.4. The third-order valence-corrected chi connectivity index (χ3v) is 7.17. The molecule has 0 radical (unpaired) electrons. The van der Waals surface area contributed by atoms with Crippen LogP contribution in [0.2, 0.25) is 0 Å². The molecule has 0 aromatic heterocycles. The van der Waals surface area contributed by atoms with E-state index in [-0.39, 0.29) is 23.0 Å². The van der Waals surface area contributed by atoms with Gasteiger partial charge in [0.1, 0.15) is 16.4 Å². The molecule has 1 aliphatic rings. The lowest BCUT2D eigenvalue weighted by Crippen LogP contribution is -2.39. The molecule has 7 nitrogen and oxygen atoms in total. The van der Waals surface area contributed by atoms with Gasteiger partial charge in [0.25, 0.3) is 0 Å². The van der Waals surface area contributed by atoms with Crippen molar-refractivity contribution in [1.29, 1.82) is 0 Å². The molecule has 8 heteroatoms. The normalized spacial score (nSPS) is 19.0. The zero-order valence-corrected chi connectivity index (χ0v) is 18.2. The van der Waals surface area contributed by atoms with Crippen molar-refractivity contribution in [3.05, 3.63) is 54.1 Å². The molecule has 0 bridgehead atoms. The number of hydrogen-bond acceptors (Lipinski definition) is 5. The fraction of sp³-hybridized carbons (Fsp3) is 0.409. The molecule has 1 aliphatic heterocycles. The van der Waals surface area contributed by atoms with Crippen molar-refractivity contribution >= 4 is 15.9 Å². The summed E-state index contributed by atoms with van der Waals surface area (Å²) in [5.74, 6) is 0.497. The van der Waals surface area contributed by atoms with Crippen molar-refractivity contribution in [3.63, 3.8) is 0 Å². The maximum Gasteiger partial charge on any atom is 0.247 e. The smallest absolute Gasteiger partial charge is 0.247 e. The standard InChI is InChI=1S/C22H28N2O5S/c1-28-18-11-12-20(29-2)21(15-18)30(26,27)24-14-8-4-7-13-23-22(25)16-19(24)17-9-5-3-6-10-17/h3,5-6,9-12,15,19H,4,7-8,13-14,16H2,1-2H3,(H,23,25). The highest BCUT2D eigenvalue weighted by atomic mass is 32.2. The molecule has 0 aliphatic carbocycles. The topological polar surface area (TPSA) is 84.9 Å². The van der Waals surface area contributed by atoms with Gasteiger partial charge in [-0.1, -0.05) is 36.8 Å². The quantitative estimate of drug-likeness (QED) is 0.785. The molecule has 0 saturated carbocycles.